The first-order valence-corrected chi connectivity index (χ1v) is 11.3. The van der Waals surface area contributed by atoms with Crippen LogP contribution in [0, 0.1) is 6.92 Å². The third kappa shape index (κ3) is 7.41. The van der Waals surface area contributed by atoms with Crippen LogP contribution in [0.2, 0.25) is 5.02 Å². The quantitative estimate of drug-likeness (QED) is 0.617. The fourth-order valence-corrected chi connectivity index (χ4v) is 4.14. The van der Waals surface area contributed by atoms with Gasteiger partial charge in [-0.2, -0.15) is 0 Å². The molecular formula is C23H29ClN2O2S. The molecule has 4 nitrogen and oxygen atoms in total. The maximum absolute atomic E-state index is 13.0. The summed E-state index contributed by atoms with van der Waals surface area (Å²) >= 11 is 7.71. The highest BCUT2D eigenvalue weighted by Crippen LogP contribution is 2.21. The van der Waals surface area contributed by atoms with Gasteiger partial charge in [0.2, 0.25) is 11.8 Å². The maximum Gasteiger partial charge on any atom is 0.242 e. The Morgan fingerprint density at radius 2 is 1.83 bits per heavy atom. The number of hydrogen-bond donors (Lipinski definition) is 1. The number of benzene rings is 2. The Balaban J connectivity index is 2.09. The number of nitrogens with one attached hydrogen (secondary N) is 1. The van der Waals surface area contributed by atoms with Crippen molar-refractivity contribution >= 4 is 35.2 Å². The molecule has 0 fully saturated rings. The van der Waals surface area contributed by atoms with Gasteiger partial charge in [-0.05, 0) is 44.9 Å². The number of thioether (sulfide) groups is 1. The Bertz CT molecular complexity index is 841. The molecule has 1 atom stereocenters. The molecule has 0 saturated carbocycles. The molecule has 2 aromatic carbocycles. The van der Waals surface area contributed by atoms with Crippen LogP contribution in [-0.4, -0.2) is 34.6 Å². The van der Waals surface area contributed by atoms with E-state index >= 15 is 0 Å². The Hall–Kier alpha value is -1.98. The second kappa shape index (κ2) is 11.3. The summed E-state index contributed by atoms with van der Waals surface area (Å²) in [7, 11) is 0. The van der Waals surface area contributed by atoms with Crippen LogP contribution in [0.1, 0.15) is 37.5 Å². The van der Waals surface area contributed by atoms with E-state index in [0.29, 0.717) is 17.3 Å². The highest BCUT2D eigenvalue weighted by Gasteiger charge is 2.26. The van der Waals surface area contributed by atoms with Gasteiger partial charge in [0, 0.05) is 23.4 Å². The lowest BCUT2D eigenvalue weighted by atomic mass is 10.1. The fraction of sp³-hybridized carbons (Fsp3) is 0.391. The lowest BCUT2D eigenvalue weighted by Crippen LogP contribution is -2.49. The summed E-state index contributed by atoms with van der Waals surface area (Å²) < 4.78 is 0. The van der Waals surface area contributed by atoms with Gasteiger partial charge in [0.25, 0.3) is 0 Å². The predicted octanol–water partition coefficient (Wildman–Crippen LogP) is 4.82. The number of carbonyl (C=O) groups is 2. The van der Waals surface area contributed by atoms with Crippen molar-refractivity contribution in [2.75, 3.05) is 5.75 Å². The van der Waals surface area contributed by atoms with Crippen molar-refractivity contribution in [2.24, 2.45) is 0 Å². The molecule has 2 rings (SSSR count). The van der Waals surface area contributed by atoms with Gasteiger partial charge in [0.1, 0.15) is 6.04 Å². The zero-order chi connectivity index (χ0) is 21.4. The minimum atomic E-state index is -0.550. The first-order chi connectivity index (χ1) is 13.8. The van der Waals surface area contributed by atoms with E-state index in [1.807, 2.05) is 69.3 Å². The fourth-order valence-electron chi connectivity index (χ4n) is 2.94. The van der Waals surface area contributed by atoms with Crippen LogP contribution in [0.15, 0.2) is 48.5 Å². The molecule has 0 aliphatic carbocycles. The molecule has 2 aromatic rings. The average molecular weight is 433 g/mol. The van der Waals surface area contributed by atoms with Gasteiger partial charge >= 0.3 is 0 Å². The molecule has 1 N–H and O–H groups in total. The van der Waals surface area contributed by atoms with Gasteiger partial charge < -0.3 is 10.2 Å². The molecule has 0 bridgehead atoms. The van der Waals surface area contributed by atoms with Crippen molar-refractivity contribution in [1.82, 2.24) is 10.2 Å². The molecule has 29 heavy (non-hydrogen) atoms. The normalized spacial score (nSPS) is 11.9. The lowest BCUT2D eigenvalue weighted by molar-refractivity contribution is -0.138. The second-order valence-corrected chi connectivity index (χ2v) is 8.83. The van der Waals surface area contributed by atoms with E-state index in [-0.39, 0.29) is 23.6 Å². The number of hydrogen-bond acceptors (Lipinski definition) is 3. The average Bonchev–Trinajstić information content (AvgIpc) is 2.66. The summed E-state index contributed by atoms with van der Waals surface area (Å²) in [5.74, 6) is 0.735. The van der Waals surface area contributed by atoms with E-state index in [2.05, 4.69) is 5.32 Å². The van der Waals surface area contributed by atoms with E-state index in [4.69, 9.17) is 11.6 Å². The molecule has 0 heterocycles. The van der Waals surface area contributed by atoms with Gasteiger partial charge in [-0.3, -0.25) is 9.59 Å². The van der Waals surface area contributed by atoms with Crippen LogP contribution in [0.3, 0.4) is 0 Å². The number of amides is 2. The standard InChI is InChI=1S/C23H29ClN2O2S/c1-16(2)25-23(28)18(4)26(13-19-9-7-8-17(3)12-19)22(27)15-29-14-20-10-5-6-11-21(20)24/h5-12,16,18H,13-15H2,1-4H3,(H,25,28). The minimum absolute atomic E-state index is 0.0236. The Kier molecular flexibility index (Phi) is 9.05. The van der Waals surface area contributed by atoms with Crippen molar-refractivity contribution in [3.63, 3.8) is 0 Å². The van der Waals surface area contributed by atoms with E-state index in [9.17, 15) is 9.59 Å². The monoisotopic (exact) mass is 432 g/mol. The highest BCUT2D eigenvalue weighted by molar-refractivity contribution is 7.99. The number of nitrogens with zero attached hydrogens (tertiary/aromatic N) is 1. The van der Waals surface area contributed by atoms with Crippen LogP contribution in [0.5, 0.6) is 0 Å². The molecule has 0 saturated heterocycles. The molecule has 1 unspecified atom stereocenters. The zero-order valence-electron chi connectivity index (χ0n) is 17.4. The summed E-state index contributed by atoms with van der Waals surface area (Å²) in [4.78, 5) is 27.3. The van der Waals surface area contributed by atoms with E-state index in [0.717, 1.165) is 16.7 Å². The number of rotatable bonds is 9. The van der Waals surface area contributed by atoms with Crippen molar-refractivity contribution in [3.8, 4) is 0 Å². The third-order valence-corrected chi connectivity index (χ3v) is 5.81. The van der Waals surface area contributed by atoms with Gasteiger partial charge in [-0.25, -0.2) is 0 Å². The molecule has 0 aromatic heterocycles. The van der Waals surface area contributed by atoms with Crippen LogP contribution in [-0.2, 0) is 21.9 Å². The smallest absolute Gasteiger partial charge is 0.242 e. The molecule has 6 heteroatoms. The molecule has 0 spiro atoms. The zero-order valence-corrected chi connectivity index (χ0v) is 19.0. The maximum atomic E-state index is 13.0. The number of aryl methyl sites for hydroxylation is 1. The third-order valence-electron chi connectivity index (χ3n) is 4.47. The highest BCUT2D eigenvalue weighted by atomic mass is 35.5. The summed E-state index contributed by atoms with van der Waals surface area (Å²) in [5, 5.41) is 3.61. The second-order valence-electron chi connectivity index (χ2n) is 7.43. The molecule has 0 aliphatic rings. The van der Waals surface area contributed by atoms with Crippen LogP contribution in [0.25, 0.3) is 0 Å². The van der Waals surface area contributed by atoms with Crippen molar-refractivity contribution in [2.45, 2.75) is 52.1 Å². The minimum Gasteiger partial charge on any atom is -0.352 e. The summed E-state index contributed by atoms with van der Waals surface area (Å²) in [6.07, 6.45) is 0. The SMILES string of the molecule is Cc1cccc(CN(C(=O)CSCc2ccccc2Cl)C(C)C(=O)NC(C)C)c1. The van der Waals surface area contributed by atoms with Gasteiger partial charge in [0.05, 0.1) is 5.75 Å². The molecular weight excluding hydrogens is 404 g/mol. The van der Waals surface area contributed by atoms with E-state index in [1.54, 1.807) is 11.8 Å². The Morgan fingerprint density at radius 3 is 2.48 bits per heavy atom. The summed E-state index contributed by atoms with van der Waals surface area (Å²) in [5.41, 5.74) is 3.14. The van der Waals surface area contributed by atoms with Crippen LogP contribution in [0.4, 0.5) is 0 Å². The topological polar surface area (TPSA) is 49.4 Å². The summed E-state index contributed by atoms with van der Waals surface area (Å²) in [6, 6.07) is 15.1. The largest absolute Gasteiger partial charge is 0.352 e. The van der Waals surface area contributed by atoms with E-state index in [1.165, 1.54) is 11.8 Å². The van der Waals surface area contributed by atoms with Crippen molar-refractivity contribution < 1.29 is 9.59 Å². The molecule has 0 aliphatic heterocycles. The summed E-state index contributed by atoms with van der Waals surface area (Å²) in [6.45, 7) is 8.03. The van der Waals surface area contributed by atoms with E-state index < -0.39 is 6.04 Å². The van der Waals surface area contributed by atoms with Crippen LogP contribution < -0.4 is 5.32 Å². The number of halogens is 1. The van der Waals surface area contributed by atoms with Crippen molar-refractivity contribution in [3.05, 3.63) is 70.2 Å². The molecule has 0 radical (unpaired) electrons. The lowest BCUT2D eigenvalue weighted by Gasteiger charge is -2.29. The molecule has 2 amide bonds. The van der Waals surface area contributed by atoms with Gasteiger partial charge in [0.15, 0.2) is 0 Å². The number of carbonyl (C=O) groups excluding carboxylic acids is 2. The first kappa shape index (κ1) is 23.3. The van der Waals surface area contributed by atoms with Crippen molar-refractivity contribution in [1.29, 1.82) is 0 Å². The van der Waals surface area contributed by atoms with Crippen LogP contribution >= 0.6 is 23.4 Å². The molecule has 156 valence electrons. The van der Waals surface area contributed by atoms with Gasteiger partial charge in [-0.15, -0.1) is 11.8 Å². The first-order valence-electron chi connectivity index (χ1n) is 9.74. The van der Waals surface area contributed by atoms with Gasteiger partial charge in [-0.1, -0.05) is 59.6 Å². The predicted molar refractivity (Wildman–Crippen MR) is 122 cm³/mol. The Morgan fingerprint density at radius 1 is 1.10 bits per heavy atom. The Labute approximate surface area is 183 Å².